The van der Waals surface area contributed by atoms with Crippen molar-refractivity contribution < 1.29 is 14.6 Å². The molecule has 5 nitrogen and oxygen atoms in total. The first kappa shape index (κ1) is 15.8. The van der Waals surface area contributed by atoms with Crippen LogP contribution in [0.1, 0.15) is 37.7 Å². The Bertz CT molecular complexity index is 445. The van der Waals surface area contributed by atoms with E-state index in [1.54, 1.807) is 0 Å². The molecular formula is C16H24N2O3. The molecule has 2 amide bonds. The topological polar surface area (TPSA) is 70.6 Å². The molecule has 5 heteroatoms. The summed E-state index contributed by atoms with van der Waals surface area (Å²) in [6.07, 6.45) is 6.53. The van der Waals surface area contributed by atoms with E-state index in [0.717, 1.165) is 24.1 Å². The van der Waals surface area contributed by atoms with E-state index in [1.807, 2.05) is 24.3 Å². The molecule has 1 aliphatic carbocycles. The third-order valence-electron chi connectivity index (χ3n) is 3.62. The molecule has 1 saturated carbocycles. The number of ether oxygens (including phenoxy) is 1. The standard InChI is InChI=1S/C16H24N2O3/c19-10-9-17-16(20)18-14-6-4-5-13(11-14)12-21-15-7-2-1-3-8-15/h4-6,11,15,19H,1-3,7-10,12H2,(H2,17,18,20). The lowest BCUT2D eigenvalue weighted by Gasteiger charge is -2.22. The molecule has 2 rings (SSSR count). The van der Waals surface area contributed by atoms with Crippen molar-refractivity contribution in [3.05, 3.63) is 29.8 Å². The monoisotopic (exact) mass is 292 g/mol. The van der Waals surface area contributed by atoms with E-state index in [4.69, 9.17) is 9.84 Å². The summed E-state index contributed by atoms with van der Waals surface area (Å²) in [5.41, 5.74) is 1.79. The molecule has 1 fully saturated rings. The third-order valence-corrected chi connectivity index (χ3v) is 3.62. The van der Waals surface area contributed by atoms with Crippen molar-refractivity contribution in [1.82, 2.24) is 5.32 Å². The van der Waals surface area contributed by atoms with Gasteiger partial charge in [-0.05, 0) is 30.5 Å². The van der Waals surface area contributed by atoms with E-state index in [9.17, 15) is 4.79 Å². The van der Waals surface area contributed by atoms with Gasteiger partial charge < -0.3 is 20.5 Å². The van der Waals surface area contributed by atoms with Crippen molar-refractivity contribution in [3.63, 3.8) is 0 Å². The number of urea groups is 1. The molecule has 0 heterocycles. The zero-order chi connectivity index (χ0) is 14.9. The molecule has 1 aliphatic rings. The zero-order valence-electron chi connectivity index (χ0n) is 12.3. The van der Waals surface area contributed by atoms with Gasteiger partial charge in [0.05, 0.1) is 19.3 Å². The first-order valence-corrected chi connectivity index (χ1v) is 7.64. The molecule has 116 valence electrons. The highest BCUT2D eigenvalue weighted by atomic mass is 16.5. The van der Waals surface area contributed by atoms with Crippen molar-refractivity contribution in [2.75, 3.05) is 18.5 Å². The molecule has 0 atom stereocenters. The average Bonchev–Trinajstić information content (AvgIpc) is 2.52. The molecule has 0 aromatic heterocycles. The van der Waals surface area contributed by atoms with E-state index in [-0.39, 0.29) is 19.2 Å². The van der Waals surface area contributed by atoms with Crippen molar-refractivity contribution >= 4 is 11.7 Å². The van der Waals surface area contributed by atoms with Crippen LogP contribution in [-0.2, 0) is 11.3 Å². The Kier molecular flexibility index (Phi) is 6.50. The summed E-state index contributed by atoms with van der Waals surface area (Å²) in [7, 11) is 0. The van der Waals surface area contributed by atoms with Gasteiger partial charge >= 0.3 is 6.03 Å². The maximum Gasteiger partial charge on any atom is 0.319 e. The van der Waals surface area contributed by atoms with Crippen molar-refractivity contribution in [1.29, 1.82) is 0 Å². The normalized spacial score (nSPS) is 15.7. The molecule has 0 spiro atoms. The number of nitrogens with one attached hydrogen (secondary N) is 2. The Morgan fingerprint density at radius 3 is 2.86 bits per heavy atom. The molecule has 1 aromatic rings. The maximum atomic E-state index is 11.5. The number of anilines is 1. The molecule has 21 heavy (non-hydrogen) atoms. The first-order valence-electron chi connectivity index (χ1n) is 7.64. The van der Waals surface area contributed by atoms with Gasteiger partial charge in [-0.1, -0.05) is 31.4 Å². The molecule has 0 radical (unpaired) electrons. The highest BCUT2D eigenvalue weighted by Gasteiger charge is 2.13. The molecule has 0 bridgehead atoms. The fourth-order valence-corrected chi connectivity index (χ4v) is 2.53. The van der Waals surface area contributed by atoms with Crippen LogP contribution in [0.2, 0.25) is 0 Å². The van der Waals surface area contributed by atoms with Gasteiger partial charge in [0.1, 0.15) is 0 Å². The summed E-state index contributed by atoms with van der Waals surface area (Å²) in [6.45, 7) is 0.761. The molecule has 1 aromatic carbocycles. The van der Waals surface area contributed by atoms with Gasteiger partial charge in [0.15, 0.2) is 0 Å². The molecule has 0 aliphatic heterocycles. The lowest BCUT2D eigenvalue weighted by molar-refractivity contribution is 0.0169. The van der Waals surface area contributed by atoms with E-state index in [2.05, 4.69) is 10.6 Å². The lowest BCUT2D eigenvalue weighted by atomic mass is 9.98. The Morgan fingerprint density at radius 2 is 2.10 bits per heavy atom. The fraction of sp³-hybridized carbons (Fsp3) is 0.562. The predicted molar refractivity (Wildman–Crippen MR) is 82.2 cm³/mol. The van der Waals surface area contributed by atoms with E-state index in [0.29, 0.717) is 12.7 Å². The maximum absolute atomic E-state index is 11.5. The highest BCUT2D eigenvalue weighted by molar-refractivity contribution is 5.89. The Labute approximate surface area is 125 Å². The van der Waals surface area contributed by atoms with Crippen LogP contribution >= 0.6 is 0 Å². The number of rotatable bonds is 6. The quantitative estimate of drug-likeness (QED) is 0.755. The average molecular weight is 292 g/mol. The number of amides is 2. The van der Waals surface area contributed by atoms with Gasteiger partial charge in [0.2, 0.25) is 0 Å². The minimum absolute atomic E-state index is 0.0668. The fourth-order valence-electron chi connectivity index (χ4n) is 2.53. The number of hydrogen-bond acceptors (Lipinski definition) is 3. The minimum atomic E-state index is -0.311. The number of hydrogen-bond donors (Lipinski definition) is 3. The van der Waals surface area contributed by atoms with Gasteiger partial charge in [-0.15, -0.1) is 0 Å². The van der Waals surface area contributed by atoms with Crippen LogP contribution in [0, 0.1) is 0 Å². The van der Waals surface area contributed by atoms with Gasteiger partial charge in [-0.3, -0.25) is 0 Å². The predicted octanol–water partition coefficient (Wildman–Crippen LogP) is 2.65. The van der Waals surface area contributed by atoms with Gasteiger partial charge in [-0.25, -0.2) is 4.79 Å². The van der Waals surface area contributed by atoms with Crippen LogP contribution in [0.4, 0.5) is 10.5 Å². The third kappa shape index (κ3) is 5.73. The van der Waals surface area contributed by atoms with E-state index in [1.165, 1.54) is 19.3 Å². The zero-order valence-corrected chi connectivity index (χ0v) is 12.3. The smallest absolute Gasteiger partial charge is 0.319 e. The summed E-state index contributed by atoms with van der Waals surface area (Å²) in [5, 5.41) is 14.0. The summed E-state index contributed by atoms with van der Waals surface area (Å²) in [6, 6.07) is 7.35. The Morgan fingerprint density at radius 1 is 1.29 bits per heavy atom. The summed E-state index contributed by atoms with van der Waals surface area (Å²) in [4.78, 5) is 11.5. The lowest BCUT2D eigenvalue weighted by Crippen LogP contribution is -2.30. The second kappa shape index (κ2) is 8.64. The Balaban J connectivity index is 1.80. The molecular weight excluding hydrogens is 268 g/mol. The number of carbonyl (C=O) groups is 1. The van der Waals surface area contributed by atoms with E-state index < -0.39 is 0 Å². The van der Waals surface area contributed by atoms with Crippen LogP contribution in [0.3, 0.4) is 0 Å². The van der Waals surface area contributed by atoms with Crippen LogP contribution in [-0.4, -0.2) is 30.4 Å². The SMILES string of the molecule is O=C(NCCO)Nc1cccc(COC2CCCCC2)c1. The largest absolute Gasteiger partial charge is 0.395 e. The number of carbonyl (C=O) groups excluding carboxylic acids is 1. The van der Waals surface area contributed by atoms with Gasteiger partial charge in [0, 0.05) is 12.2 Å². The van der Waals surface area contributed by atoms with Crippen molar-refractivity contribution in [3.8, 4) is 0 Å². The molecule has 0 unspecified atom stereocenters. The van der Waals surface area contributed by atoms with Gasteiger partial charge in [0.25, 0.3) is 0 Å². The van der Waals surface area contributed by atoms with Crippen LogP contribution in [0.15, 0.2) is 24.3 Å². The highest BCUT2D eigenvalue weighted by Crippen LogP contribution is 2.22. The van der Waals surface area contributed by atoms with Crippen LogP contribution < -0.4 is 10.6 Å². The van der Waals surface area contributed by atoms with Crippen molar-refractivity contribution in [2.45, 2.75) is 44.8 Å². The number of aliphatic hydroxyl groups is 1. The van der Waals surface area contributed by atoms with Crippen LogP contribution in [0.5, 0.6) is 0 Å². The summed E-state index contributed by atoms with van der Waals surface area (Å²) < 4.78 is 5.93. The molecule has 3 N–H and O–H groups in total. The minimum Gasteiger partial charge on any atom is -0.395 e. The number of aliphatic hydroxyl groups excluding tert-OH is 1. The first-order chi connectivity index (χ1) is 10.3. The summed E-state index contributed by atoms with van der Waals surface area (Å²) in [5.74, 6) is 0. The second-order valence-corrected chi connectivity index (χ2v) is 5.38. The summed E-state index contributed by atoms with van der Waals surface area (Å²) >= 11 is 0. The molecule has 0 saturated heterocycles. The Hall–Kier alpha value is -1.59. The van der Waals surface area contributed by atoms with Crippen LogP contribution in [0.25, 0.3) is 0 Å². The van der Waals surface area contributed by atoms with Gasteiger partial charge in [-0.2, -0.15) is 0 Å². The van der Waals surface area contributed by atoms with E-state index >= 15 is 0 Å². The number of benzene rings is 1. The van der Waals surface area contributed by atoms with Crippen molar-refractivity contribution in [2.24, 2.45) is 0 Å². The second-order valence-electron chi connectivity index (χ2n) is 5.38.